The molecule has 3 rings (SSSR count). The molecule has 1 N–H and O–H groups in total. The highest BCUT2D eigenvalue weighted by Gasteiger charge is 2.41. The van der Waals surface area contributed by atoms with Crippen LogP contribution in [0.1, 0.15) is 46.5 Å². The second kappa shape index (κ2) is 7.40. The predicted octanol–water partition coefficient (Wildman–Crippen LogP) is 2.44. The van der Waals surface area contributed by atoms with Gasteiger partial charge in [0, 0.05) is 37.6 Å². The highest BCUT2D eigenvalue weighted by Crippen LogP contribution is 2.38. The third-order valence-corrected chi connectivity index (χ3v) is 4.18. The number of nitrogens with zero attached hydrogens (tertiary/aromatic N) is 2. The number of esters is 2. The summed E-state index contributed by atoms with van der Waals surface area (Å²) in [5, 5.41) is 3.03. The summed E-state index contributed by atoms with van der Waals surface area (Å²) in [5.41, 5.74) is 0.587. The zero-order chi connectivity index (χ0) is 19.7. The molecule has 0 amide bonds. The number of imidazole rings is 1. The van der Waals surface area contributed by atoms with Gasteiger partial charge in [0.15, 0.2) is 17.5 Å². The van der Waals surface area contributed by atoms with Gasteiger partial charge in [-0.1, -0.05) is 17.7 Å². The highest BCUT2D eigenvalue weighted by molar-refractivity contribution is 6.20. The molecule has 0 aliphatic carbocycles. The summed E-state index contributed by atoms with van der Waals surface area (Å²) in [4.78, 5) is 40.6. The molecule has 27 heavy (non-hydrogen) atoms. The quantitative estimate of drug-likeness (QED) is 0.474. The summed E-state index contributed by atoms with van der Waals surface area (Å²) in [7, 11) is 1.70. The number of ketones is 1. The molecule has 3 atom stereocenters. The minimum atomic E-state index is -0.858. The van der Waals surface area contributed by atoms with Crippen LogP contribution in [0.15, 0.2) is 30.6 Å². The maximum absolute atomic E-state index is 12.9. The van der Waals surface area contributed by atoms with Gasteiger partial charge in [0.25, 0.3) is 0 Å². The number of nitrogens with one attached hydrogen (secondary N) is 1. The number of aromatic nitrogens is 2. The molecule has 1 aliphatic rings. The van der Waals surface area contributed by atoms with E-state index in [-0.39, 0.29) is 17.2 Å². The van der Waals surface area contributed by atoms with E-state index in [4.69, 9.17) is 21.1 Å². The molecule has 0 saturated carbocycles. The molecule has 0 saturated heterocycles. The molecule has 2 aromatic rings. The average molecular weight is 392 g/mol. The van der Waals surface area contributed by atoms with Gasteiger partial charge in [-0.25, -0.2) is 9.78 Å². The third kappa shape index (κ3) is 3.80. The lowest BCUT2D eigenvalue weighted by molar-refractivity contribution is -0.146. The third-order valence-electron chi connectivity index (χ3n) is 4.10. The molecule has 0 bridgehead atoms. The number of halogens is 1. The Morgan fingerprint density at radius 1 is 1.33 bits per heavy atom. The van der Waals surface area contributed by atoms with Gasteiger partial charge in [-0.3, -0.25) is 9.59 Å². The standard InChI is InChI=1S/C18H18ClN3O5/c1-9(19)26-18(25)11-4-5-12-13(8-11)21-14(16(12)27-10(2)23)15(24)17-20-6-7-22(17)3/h4-9,14,16,21H,1-3H3. The minimum absolute atomic E-state index is 0.230. The van der Waals surface area contributed by atoms with E-state index in [1.165, 1.54) is 26.1 Å². The van der Waals surface area contributed by atoms with E-state index in [1.54, 1.807) is 29.9 Å². The van der Waals surface area contributed by atoms with Crippen molar-refractivity contribution in [3.8, 4) is 0 Å². The number of rotatable bonds is 5. The fourth-order valence-electron chi connectivity index (χ4n) is 2.95. The van der Waals surface area contributed by atoms with Crippen molar-refractivity contribution in [3.05, 3.63) is 47.5 Å². The van der Waals surface area contributed by atoms with Crippen LogP contribution in [0, 0.1) is 0 Å². The van der Waals surface area contributed by atoms with Crippen LogP contribution in [0.3, 0.4) is 0 Å². The summed E-state index contributed by atoms with van der Waals surface area (Å²) in [6.45, 7) is 2.80. The molecule has 3 unspecified atom stereocenters. The van der Waals surface area contributed by atoms with Gasteiger partial charge >= 0.3 is 11.9 Å². The summed E-state index contributed by atoms with van der Waals surface area (Å²) in [6, 6.07) is 3.84. The molecular formula is C18H18ClN3O5. The van der Waals surface area contributed by atoms with E-state index in [2.05, 4.69) is 10.3 Å². The Morgan fingerprint density at radius 2 is 2.07 bits per heavy atom. The first-order valence-electron chi connectivity index (χ1n) is 8.22. The smallest absolute Gasteiger partial charge is 0.339 e. The van der Waals surface area contributed by atoms with E-state index < -0.39 is 29.6 Å². The van der Waals surface area contributed by atoms with Crippen molar-refractivity contribution in [1.29, 1.82) is 0 Å². The van der Waals surface area contributed by atoms with Crippen molar-refractivity contribution in [1.82, 2.24) is 9.55 Å². The lowest BCUT2D eigenvalue weighted by Gasteiger charge is -2.18. The van der Waals surface area contributed by atoms with Gasteiger partial charge < -0.3 is 19.4 Å². The van der Waals surface area contributed by atoms with E-state index in [0.29, 0.717) is 11.3 Å². The van der Waals surface area contributed by atoms with E-state index in [0.717, 1.165) is 0 Å². The van der Waals surface area contributed by atoms with Crippen LogP contribution in [-0.2, 0) is 21.3 Å². The second-order valence-electron chi connectivity index (χ2n) is 6.13. The summed E-state index contributed by atoms with van der Waals surface area (Å²) < 4.78 is 11.9. The summed E-state index contributed by atoms with van der Waals surface area (Å²) in [5.74, 6) is -1.21. The maximum Gasteiger partial charge on any atom is 0.339 e. The van der Waals surface area contributed by atoms with Crippen molar-refractivity contribution >= 4 is 35.0 Å². The lowest BCUT2D eigenvalue weighted by atomic mass is 10.0. The van der Waals surface area contributed by atoms with Gasteiger partial charge in [-0.15, -0.1) is 0 Å². The number of hydrogen-bond donors (Lipinski definition) is 1. The molecule has 1 aromatic carbocycles. The van der Waals surface area contributed by atoms with Crippen LogP contribution >= 0.6 is 11.6 Å². The molecule has 8 nitrogen and oxygen atoms in total. The highest BCUT2D eigenvalue weighted by atomic mass is 35.5. The van der Waals surface area contributed by atoms with Crippen molar-refractivity contribution < 1.29 is 23.9 Å². The molecule has 0 fully saturated rings. The lowest BCUT2D eigenvalue weighted by Crippen LogP contribution is -2.34. The Hall–Kier alpha value is -2.87. The zero-order valence-electron chi connectivity index (χ0n) is 14.9. The zero-order valence-corrected chi connectivity index (χ0v) is 15.7. The van der Waals surface area contributed by atoms with Crippen molar-refractivity contribution in [2.45, 2.75) is 31.6 Å². The van der Waals surface area contributed by atoms with Crippen LogP contribution in [-0.4, -0.2) is 38.9 Å². The summed E-state index contributed by atoms with van der Waals surface area (Å²) in [6.07, 6.45) is 2.33. The Labute approximate surface area is 160 Å². The number of anilines is 1. The number of carbonyl (C=O) groups excluding carboxylic acids is 3. The Balaban J connectivity index is 1.94. The first kappa shape index (κ1) is 18.9. The Bertz CT molecular complexity index is 908. The van der Waals surface area contributed by atoms with Crippen LogP contribution in [0.2, 0.25) is 0 Å². The maximum atomic E-state index is 12.9. The van der Waals surface area contributed by atoms with Crippen molar-refractivity contribution in [3.63, 3.8) is 0 Å². The molecule has 0 spiro atoms. The van der Waals surface area contributed by atoms with E-state index in [9.17, 15) is 14.4 Å². The predicted molar refractivity (Wildman–Crippen MR) is 96.6 cm³/mol. The fraction of sp³-hybridized carbons (Fsp3) is 0.333. The molecule has 9 heteroatoms. The number of benzene rings is 1. The Morgan fingerprint density at radius 3 is 2.67 bits per heavy atom. The summed E-state index contributed by atoms with van der Waals surface area (Å²) >= 11 is 5.69. The van der Waals surface area contributed by atoms with Gasteiger partial charge in [0.1, 0.15) is 6.04 Å². The van der Waals surface area contributed by atoms with E-state index in [1.807, 2.05) is 0 Å². The number of alkyl halides is 1. The molecule has 142 valence electrons. The van der Waals surface area contributed by atoms with Gasteiger partial charge in [-0.2, -0.15) is 0 Å². The van der Waals surface area contributed by atoms with Crippen molar-refractivity contribution in [2.75, 3.05) is 5.32 Å². The van der Waals surface area contributed by atoms with Crippen molar-refractivity contribution in [2.24, 2.45) is 7.05 Å². The number of ether oxygens (including phenoxy) is 2. The molecule has 2 heterocycles. The van der Waals surface area contributed by atoms with Gasteiger partial charge in [0.05, 0.1) is 5.56 Å². The first-order valence-corrected chi connectivity index (χ1v) is 8.66. The van der Waals surface area contributed by atoms with Crippen LogP contribution < -0.4 is 5.32 Å². The molecule has 1 aliphatic heterocycles. The monoisotopic (exact) mass is 391 g/mol. The number of aryl methyl sites for hydroxylation is 1. The molecule has 0 radical (unpaired) electrons. The average Bonchev–Trinajstić information content (AvgIpc) is 3.17. The Kier molecular flexibility index (Phi) is 5.18. The topological polar surface area (TPSA) is 99.5 Å². The number of fused-ring (bicyclic) bond motifs is 1. The first-order chi connectivity index (χ1) is 12.8. The van der Waals surface area contributed by atoms with Crippen LogP contribution in [0.4, 0.5) is 5.69 Å². The largest absolute Gasteiger partial charge is 0.455 e. The number of Topliss-reactive ketones (excluding diaryl/α,β-unsaturated/α-hetero) is 1. The normalized spacial score (nSPS) is 19.0. The SMILES string of the molecule is CC(=O)OC1c2ccc(C(=O)OC(C)Cl)cc2NC1C(=O)c1nccn1C. The molecule has 1 aromatic heterocycles. The minimum Gasteiger partial charge on any atom is -0.455 e. The number of carbonyl (C=O) groups is 3. The number of hydrogen-bond acceptors (Lipinski definition) is 7. The van der Waals surface area contributed by atoms with Crippen LogP contribution in [0.25, 0.3) is 0 Å². The van der Waals surface area contributed by atoms with Gasteiger partial charge in [-0.05, 0) is 19.1 Å². The van der Waals surface area contributed by atoms with Gasteiger partial charge in [0.2, 0.25) is 5.78 Å². The second-order valence-corrected chi connectivity index (χ2v) is 6.74. The fourth-order valence-corrected chi connectivity index (χ4v) is 3.03. The van der Waals surface area contributed by atoms with E-state index >= 15 is 0 Å². The van der Waals surface area contributed by atoms with Crippen LogP contribution in [0.5, 0.6) is 0 Å². The molecular weight excluding hydrogens is 374 g/mol.